The molecule has 0 saturated carbocycles. The average molecular weight is 221 g/mol. The van der Waals surface area contributed by atoms with Crippen molar-refractivity contribution in [3.05, 3.63) is 0 Å². The van der Waals surface area contributed by atoms with Crippen LogP contribution in [0.4, 0.5) is 0 Å². The summed E-state index contributed by atoms with van der Waals surface area (Å²) in [5.41, 5.74) is 0. The fourth-order valence-electron chi connectivity index (χ4n) is 1.69. The van der Waals surface area contributed by atoms with Crippen LogP contribution < -0.4 is 14.8 Å². The average Bonchev–Trinajstić information content (AvgIpc) is 2.02. The largest absolute Gasteiger partial charge is 0.314 e. The molecule has 14 heavy (non-hydrogen) atoms. The van der Waals surface area contributed by atoms with Crippen molar-refractivity contribution in [2.75, 3.05) is 13.1 Å². The molecular weight excluding hydrogens is 202 g/mol. The smallest absolute Gasteiger partial charge is 0.277 e. The Bertz CT molecular complexity index is 266. The van der Waals surface area contributed by atoms with Crippen LogP contribution in [-0.2, 0) is 10.2 Å². The molecule has 3 N–H and O–H groups in total. The van der Waals surface area contributed by atoms with Gasteiger partial charge in [0.05, 0.1) is 0 Å². The molecule has 84 valence electrons. The maximum Gasteiger partial charge on any atom is 0.277 e. The molecule has 2 atom stereocenters. The van der Waals surface area contributed by atoms with Gasteiger partial charge < -0.3 is 5.32 Å². The summed E-state index contributed by atoms with van der Waals surface area (Å²) in [6, 6.07) is 0.452. The van der Waals surface area contributed by atoms with E-state index in [1.165, 1.54) is 0 Å². The predicted molar refractivity (Wildman–Crippen MR) is 56.2 cm³/mol. The lowest BCUT2D eigenvalue weighted by Gasteiger charge is -2.28. The zero-order chi connectivity index (χ0) is 10.6. The zero-order valence-corrected chi connectivity index (χ0v) is 9.52. The van der Waals surface area contributed by atoms with E-state index in [2.05, 4.69) is 21.7 Å². The fourth-order valence-corrected chi connectivity index (χ4v) is 2.81. The molecule has 0 aromatic heterocycles. The van der Waals surface area contributed by atoms with Gasteiger partial charge in [-0.1, -0.05) is 6.92 Å². The summed E-state index contributed by atoms with van der Waals surface area (Å²) < 4.78 is 27.8. The SMILES string of the molecule is CCNS(=O)(=O)NC1CCNC(C)C1. The van der Waals surface area contributed by atoms with Gasteiger partial charge in [-0.15, -0.1) is 0 Å². The van der Waals surface area contributed by atoms with Crippen molar-refractivity contribution in [3.8, 4) is 0 Å². The molecular formula is C8H19N3O2S. The molecule has 5 nitrogen and oxygen atoms in total. The molecule has 0 radical (unpaired) electrons. The Morgan fingerprint density at radius 3 is 2.79 bits per heavy atom. The lowest BCUT2D eigenvalue weighted by Crippen LogP contribution is -2.49. The molecule has 1 aliphatic rings. The van der Waals surface area contributed by atoms with E-state index in [9.17, 15) is 8.42 Å². The summed E-state index contributed by atoms with van der Waals surface area (Å²) in [6.07, 6.45) is 1.71. The van der Waals surface area contributed by atoms with Gasteiger partial charge >= 0.3 is 0 Å². The summed E-state index contributed by atoms with van der Waals surface area (Å²) in [4.78, 5) is 0. The van der Waals surface area contributed by atoms with Gasteiger partial charge in [0.1, 0.15) is 0 Å². The highest BCUT2D eigenvalue weighted by Gasteiger charge is 2.22. The third kappa shape index (κ3) is 3.91. The monoisotopic (exact) mass is 221 g/mol. The Hall–Kier alpha value is -0.170. The van der Waals surface area contributed by atoms with Crippen molar-refractivity contribution in [1.82, 2.24) is 14.8 Å². The minimum atomic E-state index is -3.28. The summed E-state index contributed by atoms with van der Waals surface area (Å²) >= 11 is 0. The second-order valence-corrected chi connectivity index (χ2v) is 5.23. The van der Waals surface area contributed by atoms with Crippen molar-refractivity contribution in [3.63, 3.8) is 0 Å². The van der Waals surface area contributed by atoms with Gasteiger partial charge in [0.2, 0.25) is 0 Å². The lowest BCUT2D eigenvalue weighted by atomic mass is 10.0. The van der Waals surface area contributed by atoms with E-state index < -0.39 is 10.2 Å². The Balaban J connectivity index is 2.43. The first kappa shape index (κ1) is 11.9. The minimum Gasteiger partial charge on any atom is -0.314 e. The van der Waals surface area contributed by atoms with Crippen LogP contribution >= 0.6 is 0 Å². The number of rotatable bonds is 4. The van der Waals surface area contributed by atoms with Crippen LogP contribution in [0.2, 0.25) is 0 Å². The fraction of sp³-hybridized carbons (Fsp3) is 1.00. The van der Waals surface area contributed by atoms with Crippen LogP contribution in [-0.4, -0.2) is 33.6 Å². The van der Waals surface area contributed by atoms with Crippen molar-refractivity contribution in [2.24, 2.45) is 0 Å². The second-order valence-electron chi connectivity index (χ2n) is 3.70. The normalized spacial score (nSPS) is 29.0. The standard InChI is InChI=1S/C8H19N3O2S/c1-3-10-14(12,13)11-8-4-5-9-7(2)6-8/h7-11H,3-6H2,1-2H3. The van der Waals surface area contributed by atoms with E-state index in [0.717, 1.165) is 19.4 Å². The van der Waals surface area contributed by atoms with Gasteiger partial charge in [0, 0.05) is 18.6 Å². The molecule has 1 heterocycles. The molecule has 6 heteroatoms. The minimum absolute atomic E-state index is 0.0651. The molecule has 1 rings (SSSR count). The first-order valence-corrected chi connectivity index (χ1v) is 6.52. The van der Waals surface area contributed by atoms with Crippen molar-refractivity contribution in [1.29, 1.82) is 0 Å². The van der Waals surface area contributed by atoms with Crippen molar-refractivity contribution < 1.29 is 8.42 Å². The Labute approximate surface area is 85.8 Å². The summed E-state index contributed by atoms with van der Waals surface area (Å²) in [7, 11) is -3.28. The molecule has 1 fully saturated rings. The number of nitrogens with one attached hydrogen (secondary N) is 3. The van der Waals surface area contributed by atoms with E-state index in [0.29, 0.717) is 12.6 Å². The second kappa shape index (κ2) is 5.06. The third-order valence-corrected chi connectivity index (χ3v) is 3.59. The van der Waals surface area contributed by atoms with E-state index in [4.69, 9.17) is 0 Å². The van der Waals surface area contributed by atoms with Gasteiger partial charge in [-0.05, 0) is 26.3 Å². The van der Waals surface area contributed by atoms with Crippen molar-refractivity contribution >= 4 is 10.2 Å². The highest BCUT2D eigenvalue weighted by Crippen LogP contribution is 2.08. The van der Waals surface area contributed by atoms with E-state index in [1.807, 2.05) is 0 Å². The van der Waals surface area contributed by atoms with E-state index in [-0.39, 0.29) is 6.04 Å². The molecule has 1 saturated heterocycles. The molecule has 0 aliphatic carbocycles. The van der Waals surface area contributed by atoms with Crippen molar-refractivity contribution in [2.45, 2.75) is 38.8 Å². The van der Waals surface area contributed by atoms with Crippen LogP contribution in [0.3, 0.4) is 0 Å². The van der Waals surface area contributed by atoms with Crippen LogP contribution in [0.5, 0.6) is 0 Å². The van der Waals surface area contributed by atoms with Crippen LogP contribution in [0.25, 0.3) is 0 Å². The predicted octanol–water partition coefficient (Wildman–Crippen LogP) is -0.429. The number of hydrogen-bond acceptors (Lipinski definition) is 3. The Kier molecular flexibility index (Phi) is 4.31. The van der Waals surface area contributed by atoms with Crippen LogP contribution in [0.1, 0.15) is 26.7 Å². The molecule has 0 spiro atoms. The van der Waals surface area contributed by atoms with Gasteiger partial charge in [0.15, 0.2) is 0 Å². The summed E-state index contributed by atoms with van der Waals surface area (Å²) in [5.74, 6) is 0. The Morgan fingerprint density at radius 2 is 2.21 bits per heavy atom. The van der Waals surface area contributed by atoms with Gasteiger partial charge in [-0.25, -0.2) is 4.72 Å². The first-order chi connectivity index (χ1) is 6.53. The summed E-state index contributed by atoms with van der Waals surface area (Å²) in [6.45, 7) is 5.13. The molecule has 1 aliphatic heterocycles. The molecule has 0 aromatic rings. The highest BCUT2D eigenvalue weighted by molar-refractivity contribution is 7.87. The number of piperidine rings is 1. The van der Waals surface area contributed by atoms with Gasteiger partial charge in [-0.2, -0.15) is 13.1 Å². The molecule has 0 aromatic carbocycles. The quantitative estimate of drug-likeness (QED) is 0.603. The molecule has 0 amide bonds. The lowest BCUT2D eigenvalue weighted by molar-refractivity contribution is 0.360. The van der Waals surface area contributed by atoms with Crippen LogP contribution in [0.15, 0.2) is 0 Å². The van der Waals surface area contributed by atoms with E-state index >= 15 is 0 Å². The molecule has 0 bridgehead atoms. The third-order valence-electron chi connectivity index (χ3n) is 2.28. The number of hydrogen-bond donors (Lipinski definition) is 3. The maximum absolute atomic E-state index is 11.4. The van der Waals surface area contributed by atoms with Crippen LogP contribution in [0, 0.1) is 0 Å². The van der Waals surface area contributed by atoms with E-state index in [1.54, 1.807) is 6.92 Å². The highest BCUT2D eigenvalue weighted by atomic mass is 32.2. The molecule has 2 unspecified atom stereocenters. The summed E-state index contributed by atoms with van der Waals surface area (Å²) in [5, 5.41) is 3.27. The topological polar surface area (TPSA) is 70.2 Å². The first-order valence-electron chi connectivity index (χ1n) is 5.04. The Morgan fingerprint density at radius 1 is 1.50 bits per heavy atom. The van der Waals surface area contributed by atoms with Gasteiger partial charge in [0.25, 0.3) is 10.2 Å². The zero-order valence-electron chi connectivity index (χ0n) is 8.71. The maximum atomic E-state index is 11.4. The van der Waals surface area contributed by atoms with Gasteiger partial charge in [-0.3, -0.25) is 0 Å².